The molecule has 0 aliphatic carbocycles. The van der Waals surface area contributed by atoms with Gasteiger partial charge in [-0.1, -0.05) is 205 Å². The monoisotopic (exact) mass is 851 g/mol. The molecule has 0 saturated heterocycles. The Morgan fingerprint density at radius 1 is 0.333 bits per heavy atom. The van der Waals surface area contributed by atoms with Crippen LogP contribution in [-0.2, 0) is 10.8 Å². The number of furan rings is 1. The van der Waals surface area contributed by atoms with E-state index in [-0.39, 0.29) is 10.8 Å². The van der Waals surface area contributed by atoms with Crippen LogP contribution in [-0.4, -0.2) is 0 Å². The summed E-state index contributed by atoms with van der Waals surface area (Å²) in [6.07, 6.45) is 0. The molecule has 0 aliphatic rings. The van der Waals surface area contributed by atoms with Crippen LogP contribution in [0.1, 0.15) is 52.7 Å². The van der Waals surface area contributed by atoms with Crippen LogP contribution in [0.5, 0.6) is 0 Å². The van der Waals surface area contributed by atoms with E-state index in [9.17, 15) is 0 Å². The molecule has 0 atom stereocenters. The molecule has 2 heteroatoms. The van der Waals surface area contributed by atoms with Gasteiger partial charge in [0.2, 0.25) is 0 Å². The number of benzene rings is 10. The summed E-state index contributed by atoms with van der Waals surface area (Å²) in [5, 5.41) is 7.22. The highest BCUT2D eigenvalue weighted by atomic mass is 16.3. The van der Waals surface area contributed by atoms with Gasteiger partial charge in [0.05, 0.1) is 5.69 Å². The average molecular weight is 852 g/mol. The van der Waals surface area contributed by atoms with E-state index in [4.69, 9.17) is 4.42 Å². The number of nitrogens with zero attached hydrogens (tertiary/aromatic N) is 1. The molecule has 0 amide bonds. The Morgan fingerprint density at radius 2 is 0.848 bits per heavy atom. The van der Waals surface area contributed by atoms with Crippen molar-refractivity contribution in [3.8, 4) is 44.5 Å². The van der Waals surface area contributed by atoms with Crippen molar-refractivity contribution in [3.05, 3.63) is 223 Å². The van der Waals surface area contributed by atoms with Gasteiger partial charge >= 0.3 is 0 Å². The van der Waals surface area contributed by atoms with Crippen molar-refractivity contribution in [3.63, 3.8) is 0 Å². The van der Waals surface area contributed by atoms with Crippen LogP contribution in [0.25, 0.3) is 88.0 Å². The molecule has 10 aromatic carbocycles. The number of hydrogen-bond donors (Lipinski definition) is 0. The Bertz CT molecular complexity index is 3560. The molecule has 0 aliphatic heterocycles. The second kappa shape index (κ2) is 16.1. The first-order valence-corrected chi connectivity index (χ1v) is 23.2. The number of hydrogen-bond acceptors (Lipinski definition) is 2. The number of fused-ring (bicyclic) bond motifs is 5. The molecule has 11 aromatic rings. The Kier molecular flexibility index (Phi) is 10.0. The maximum atomic E-state index is 6.31. The minimum atomic E-state index is -0.00521. The fourth-order valence-electron chi connectivity index (χ4n) is 9.76. The van der Waals surface area contributed by atoms with Crippen LogP contribution in [0.15, 0.2) is 217 Å². The quantitative estimate of drug-likeness (QED) is 0.159. The van der Waals surface area contributed by atoms with Gasteiger partial charge in [0.1, 0.15) is 11.2 Å². The molecule has 0 radical (unpaired) electrons. The number of anilines is 3. The number of para-hydroxylation sites is 2. The Morgan fingerprint density at radius 3 is 1.55 bits per heavy atom. The molecule has 0 saturated carbocycles. The standard InChI is InChI=1S/C64H53NO/c1-63(2,3)49-39-48(40-50(41-49)64(4,5)6)54-22-13-18-45-19-14-24-56(61(45)54)55-20-9-11-25-58(55)65(51-34-30-43(31-35-51)47-29-28-42-16-7-8-17-46(42)38-47)52-36-32-44(33-37-52)53-23-15-27-60-62(53)57-21-10-12-26-59(57)66-60/h7-41H,1-6H3. The van der Waals surface area contributed by atoms with Crippen LogP contribution in [0.4, 0.5) is 17.1 Å². The van der Waals surface area contributed by atoms with Gasteiger partial charge in [-0.3, -0.25) is 0 Å². The summed E-state index contributed by atoms with van der Waals surface area (Å²) in [6.45, 7) is 13.9. The van der Waals surface area contributed by atoms with E-state index in [1.807, 2.05) is 12.1 Å². The lowest BCUT2D eigenvalue weighted by Gasteiger charge is -2.29. The lowest BCUT2D eigenvalue weighted by atomic mass is 9.78. The highest BCUT2D eigenvalue weighted by Gasteiger charge is 2.24. The summed E-state index contributed by atoms with van der Waals surface area (Å²) >= 11 is 0. The third-order valence-electron chi connectivity index (χ3n) is 13.4. The molecular formula is C64H53NO. The molecule has 11 rings (SSSR count). The third kappa shape index (κ3) is 7.43. The molecule has 2 nitrogen and oxygen atoms in total. The van der Waals surface area contributed by atoms with Crippen molar-refractivity contribution >= 4 is 60.5 Å². The summed E-state index contributed by atoms with van der Waals surface area (Å²) < 4.78 is 6.31. The largest absolute Gasteiger partial charge is 0.456 e. The Labute approximate surface area is 388 Å². The fraction of sp³-hybridized carbons (Fsp3) is 0.125. The average Bonchev–Trinajstić information content (AvgIpc) is 3.73. The van der Waals surface area contributed by atoms with Crippen molar-refractivity contribution < 1.29 is 4.42 Å². The Balaban J connectivity index is 1.09. The Hall–Kier alpha value is -7.68. The van der Waals surface area contributed by atoms with Gasteiger partial charge in [-0.2, -0.15) is 0 Å². The van der Waals surface area contributed by atoms with Crippen LogP contribution >= 0.6 is 0 Å². The molecule has 0 bridgehead atoms. The summed E-state index contributed by atoms with van der Waals surface area (Å²) in [5.41, 5.74) is 17.3. The third-order valence-corrected chi connectivity index (χ3v) is 13.4. The van der Waals surface area contributed by atoms with Gasteiger partial charge in [-0.15, -0.1) is 0 Å². The van der Waals surface area contributed by atoms with E-state index in [2.05, 4.69) is 247 Å². The zero-order valence-electron chi connectivity index (χ0n) is 38.6. The van der Waals surface area contributed by atoms with Gasteiger partial charge in [-0.05, 0) is 131 Å². The summed E-state index contributed by atoms with van der Waals surface area (Å²) in [6, 6.07) is 77.9. The van der Waals surface area contributed by atoms with Crippen LogP contribution in [0.2, 0.25) is 0 Å². The van der Waals surface area contributed by atoms with Crippen molar-refractivity contribution in [1.29, 1.82) is 0 Å². The predicted octanol–water partition coefficient (Wildman–Crippen LogP) is 18.6. The summed E-state index contributed by atoms with van der Waals surface area (Å²) in [7, 11) is 0. The van der Waals surface area contributed by atoms with Crippen molar-refractivity contribution in [2.24, 2.45) is 0 Å². The van der Waals surface area contributed by atoms with E-state index in [1.165, 1.54) is 60.5 Å². The molecular weight excluding hydrogens is 799 g/mol. The summed E-state index contributed by atoms with van der Waals surface area (Å²) in [5.74, 6) is 0. The first-order chi connectivity index (χ1) is 32.0. The first-order valence-electron chi connectivity index (χ1n) is 23.2. The van der Waals surface area contributed by atoms with E-state index >= 15 is 0 Å². The highest BCUT2D eigenvalue weighted by Crippen LogP contribution is 2.47. The van der Waals surface area contributed by atoms with Crippen LogP contribution < -0.4 is 4.90 Å². The predicted molar refractivity (Wildman–Crippen MR) is 283 cm³/mol. The van der Waals surface area contributed by atoms with E-state index < -0.39 is 0 Å². The minimum absolute atomic E-state index is 0.00521. The van der Waals surface area contributed by atoms with E-state index in [0.29, 0.717) is 0 Å². The molecule has 320 valence electrons. The molecule has 0 fully saturated rings. The van der Waals surface area contributed by atoms with Crippen LogP contribution in [0.3, 0.4) is 0 Å². The molecule has 1 heterocycles. The van der Waals surface area contributed by atoms with Gasteiger partial charge < -0.3 is 9.32 Å². The lowest BCUT2D eigenvalue weighted by molar-refractivity contribution is 0.569. The van der Waals surface area contributed by atoms with Gasteiger partial charge in [0.25, 0.3) is 0 Å². The highest BCUT2D eigenvalue weighted by molar-refractivity contribution is 6.13. The normalized spacial score (nSPS) is 12.1. The van der Waals surface area contributed by atoms with Crippen LogP contribution in [0, 0.1) is 0 Å². The number of rotatable bonds is 7. The maximum absolute atomic E-state index is 6.31. The molecule has 0 N–H and O–H groups in total. The van der Waals surface area contributed by atoms with Gasteiger partial charge in [0, 0.05) is 27.7 Å². The molecule has 0 spiro atoms. The molecule has 1 aromatic heterocycles. The maximum Gasteiger partial charge on any atom is 0.136 e. The van der Waals surface area contributed by atoms with Crippen molar-refractivity contribution in [1.82, 2.24) is 0 Å². The fourth-order valence-corrected chi connectivity index (χ4v) is 9.76. The van der Waals surface area contributed by atoms with Gasteiger partial charge in [0.15, 0.2) is 0 Å². The summed E-state index contributed by atoms with van der Waals surface area (Å²) in [4.78, 5) is 2.43. The second-order valence-electron chi connectivity index (χ2n) is 19.8. The SMILES string of the molecule is CC(C)(C)c1cc(-c2cccc3cccc(-c4ccccc4N(c4ccc(-c5ccc6ccccc6c5)cc4)c4ccc(-c5cccc6oc7ccccc7c56)cc4)c23)cc(C(C)(C)C)c1. The van der Waals surface area contributed by atoms with Gasteiger partial charge in [-0.25, -0.2) is 0 Å². The topological polar surface area (TPSA) is 16.4 Å². The second-order valence-corrected chi connectivity index (χ2v) is 19.8. The van der Waals surface area contributed by atoms with E-state index in [0.717, 1.165) is 55.7 Å². The van der Waals surface area contributed by atoms with Crippen molar-refractivity contribution in [2.45, 2.75) is 52.4 Å². The smallest absolute Gasteiger partial charge is 0.136 e. The molecule has 66 heavy (non-hydrogen) atoms. The zero-order valence-corrected chi connectivity index (χ0v) is 38.6. The van der Waals surface area contributed by atoms with E-state index in [1.54, 1.807) is 0 Å². The molecule has 0 unspecified atom stereocenters. The minimum Gasteiger partial charge on any atom is -0.456 e. The lowest BCUT2D eigenvalue weighted by Crippen LogP contribution is -2.16. The zero-order chi connectivity index (χ0) is 45.2. The first kappa shape index (κ1) is 41.1. The van der Waals surface area contributed by atoms with Crippen molar-refractivity contribution in [2.75, 3.05) is 4.90 Å².